The fourth-order valence-electron chi connectivity index (χ4n) is 7.49. The molecule has 0 bridgehead atoms. The molecule has 5 heteroatoms. The molecule has 0 aromatic rings. The third-order valence-corrected chi connectivity index (χ3v) is 8.91. The number of aliphatic hydroxyl groups is 2. The molecule has 26 heavy (non-hydrogen) atoms. The molecule has 0 spiro atoms. The van der Waals surface area contributed by atoms with Crippen molar-refractivity contribution < 1.29 is 24.5 Å². The topological polar surface area (TPSA) is 79.3 Å². The molecule has 3 aliphatic carbocycles. The van der Waals surface area contributed by atoms with Gasteiger partial charge in [0.2, 0.25) is 0 Å². The normalized spacial score (nSPS) is 55.5. The fourth-order valence-corrected chi connectivity index (χ4v) is 7.49. The summed E-state index contributed by atoms with van der Waals surface area (Å²) >= 11 is 0. The summed E-state index contributed by atoms with van der Waals surface area (Å²) in [4.78, 5) is 12.6. The Labute approximate surface area is 156 Å². The average molecular weight is 366 g/mol. The minimum atomic E-state index is -1.13. The van der Waals surface area contributed by atoms with Crippen molar-refractivity contribution in [3.63, 3.8) is 0 Å². The highest BCUT2D eigenvalue weighted by atomic mass is 16.6. The van der Waals surface area contributed by atoms with Crippen LogP contribution in [0.4, 0.5) is 0 Å². The van der Waals surface area contributed by atoms with Gasteiger partial charge >= 0.3 is 5.97 Å². The molecule has 8 atom stereocenters. The van der Waals surface area contributed by atoms with E-state index in [-0.39, 0.29) is 35.2 Å². The molecule has 0 amide bonds. The summed E-state index contributed by atoms with van der Waals surface area (Å²) in [6.45, 7) is 8.39. The molecule has 4 rings (SSSR count). The molecule has 2 N–H and O–H groups in total. The smallest absolute Gasteiger partial charge is 0.311 e. The summed E-state index contributed by atoms with van der Waals surface area (Å²) < 4.78 is 11.2. The first kappa shape index (κ1) is 18.7. The van der Waals surface area contributed by atoms with E-state index < -0.39 is 22.7 Å². The quantitative estimate of drug-likeness (QED) is 0.580. The van der Waals surface area contributed by atoms with E-state index in [1.807, 2.05) is 6.92 Å². The molecule has 3 saturated carbocycles. The van der Waals surface area contributed by atoms with Gasteiger partial charge in [-0.15, -0.1) is 0 Å². The Bertz CT molecular complexity index is 620. The van der Waals surface area contributed by atoms with Crippen LogP contribution in [0.2, 0.25) is 0 Å². The predicted octanol–water partition coefficient (Wildman–Crippen LogP) is 2.67. The van der Waals surface area contributed by atoms with Crippen molar-refractivity contribution >= 4 is 5.97 Å². The zero-order valence-electron chi connectivity index (χ0n) is 16.7. The Kier molecular flexibility index (Phi) is 3.92. The van der Waals surface area contributed by atoms with Crippen LogP contribution in [-0.2, 0) is 14.3 Å². The number of hydrogen-bond acceptors (Lipinski definition) is 5. The van der Waals surface area contributed by atoms with E-state index in [0.717, 1.165) is 32.1 Å². The van der Waals surface area contributed by atoms with Crippen LogP contribution in [0.5, 0.6) is 0 Å². The van der Waals surface area contributed by atoms with Gasteiger partial charge in [-0.25, -0.2) is 0 Å². The molecule has 1 saturated heterocycles. The van der Waals surface area contributed by atoms with E-state index in [2.05, 4.69) is 20.8 Å². The Morgan fingerprint density at radius 2 is 1.88 bits per heavy atom. The molecular formula is C21H34O5. The second-order valence-electron chi connectivity index (χ2n) is 10.2. The zero-order chi connectivity index (χ0) is 19.1. The van der Waals surface area contributed by atoms with Gasteiger partial charge < -0.3 is 19.7 Å². The van der Waals surface area contributed by atoms with Crippen molar-refractivity contribution in [1.29, 1.82) is 0 Å². The van der Waals surface area contributed by atoms with Crippen molar-refractivity contribution in [2.24, 2.45) is 28.6 Å². The number of esters is 1. The van der Waals surface area contributed by atoms with Gasteiger partial charge in [-0.1, -0.05) is 27.2 Å². The first-order valence-corrected chi connectivity index (χ1v) is 10.2. The Morgan fingerprint density at radius 1 is 1.19 bits per heavy atom. The molecule has 8 unspecified atom stereocenters. The number of carbonyl (C=O) groups is 1. The maximum atomic E-state index is 12.6. The largest absolute Gasteiger partial charge is 0.469 e. The van der Waals surface area contributed by atoms with Gasteiger partial charge in [0, 0.05) is 0 Å². The van der Waals surface area contributed by atoms with Crippen molar-refractivity contribution in [2.45, 2.75) is 89.6 Å². The number of fused-ring (bicyclic) bond motifs is 4. The van der Waals surface area contributed by atoms with Gasteiger partial charge in [0.25, 0.3) is 0 Å². The first-order valence-electron chi connectivity index (χ1n) is 10.2. The minimum absolute atomic E-state index is 0.0182. The molecule has 1 heterocycles. The van der Waals surface area contributed by atoms with Crippen molar-refractivity contribution in [3.05, 3.63) is 0 Å². The van der Waals surface area contributed by atoms with Crippen LogP contribution < -0.4 is 0 Å². The summed E-state index contributed by atoms with van der Waals surface area (Å²) in [6.07, 6.45) is 3.96. The summed E-state index contributed by atoms with van der Waals surface area (Å²) in [5.41, 5.74) is -2.42. The highest BCUT2D eigenvalue weighted by Crippen LogP contribution is 2.69. The second kappa shape index (κ2) is 5.45. The van der Waals surface area contributed by atoms with Gasteiger partial charge in [-0.3, -0.25) is 4.79 Å². The molecule has 0 radical (unpaired) electrons. The van der Waals surface area contributed by atoms with E-state index >= 15 is 0 Å². The standard InChI is InChI=1S/C21H34O5/c1-12(2)21-15(26-21)11-14-18(3)8-6-9-19(4,17(23)25-5)13(18)7-10-20(14,24)16(21)22/h12-16,22,24H,6-11H2,1-5H3. The van der Waals surface area contributed by atoms with Crippen LogP contribution in [-0.4, -0.2) is 46.7 Å². The zero-order valence-corrected chi connectivity index (χ0v) is 16.7. The lowest BCUT2D eigenvalue weighted by atomic mass is 9.42. The van der Waals surface area contributed by atoms with Crippen LogP contribution in [0.25, 0.3) is 0 Å². The molecule has 0 aromatic heterocycles. The highest BCUT2D eigenvalue weighted by molar-refractivity contribution is 5.77. The minimum Gasteiger partial charge on any atom is -0.469 e. The monoisotopic (exact) mass is 366 g/mol. The van der Waals surface area contributed by atoms with E-state index in [9.17, 15) is 15.0 Å². The number of carbonyl (C=O) groups excluding carboxylic acids is 1. The Morgan fingerprint density at radius 3 is 2.50 bits per heavy atom. The summed E-state index contributed by atoms with van der Waals surface area (Å²) in [6, 6.07) is 0. The van der Waals surface area contributed by atoms with Crippen LogP contribution in [0, 0.1) is 28.6 Å². The molecular weight excluding hydrogens is 332 g/mol. The maximum Gasteiger partial charge on any atom is 0.311 e. The number of epoxide rings is 1. The van der Waals surface area contributed by atoms with Crippen molar-refractivity contribution in [2.75, 3.05) is 7.11 Å². The maximum absolute atomic E-state index is 12.6. The summed E-state index contributed by atoms with van der Waals surface area (Å²) in [7, 11) is 1.47. The Hall–Kier alpha value is -0.650. The molecule has 4 fully saturated rings. The third kappa shape index (κ3) is 2.00. The molecule has 0 aromatic carbocycles. The van der Waals surface area contributed by atoms with Crippen LogP contribution >= 0.6 is 0 Å². The SMILES string of the molecule is COC(=O)C1(C)CCCC2(C)C1CCC1(O)C2CC2OC2(C(C)C)C1O. The molecule has 148 valence electrons. The number of rotatable bonds is 2. The molecule has 5 nitrogen and oxygen atoms in total. The third-order valence-electron chi connectivity index (χ3n) is 8.91. The number of hydrogen-bond donors (Lipinski definition) is 2. The lowest BCUT2D eigenvalue weighted by Gasteiger charge is -2.63. The van der Waals surface area contributed by atoms with E-state index in [0.29, 0.717) is 6.42 Å². The van der Waals surface area contributed by atoms with Gasteiger partial charge in [0.05, 0.1) is 24.2 Å². The first-order chi connectivity index (χ1) is 12.1. The van der Waals surface area contributed by atoms with Crippen LogP contribution in [0.1, 0.15) is 66.2 Å². The molecule has 4 aliphatic rings. The second-order valence-corrected chi connectivity index (χ2v) is 10.2. The Balaban J connectivity index is 1.73. The van der Waals surface area contributed by atoms with Gasteiger partial charge in [0.1, 0.15) is 11.7 Å². The molecule has 1 aliphatic heterocycles. The lowest BCUT2D eigenvalue weighted by molar-refractivity contribution is -0.240. The number of ether oxygens (including phenoxy) is 2. The van der Waals surface area contributed by atoms with Crippen LogP contribution in [0.15, 0.2) is 0 Å². The van der Waals surface area contributed by atoms with Crippen LogP contribution in [0.3, 0.4) is 0 Å². The summed E-state index contributed by atoms with van der Waals surface area (Å²) in [5, 5.41) is 22.9. The van der Waals surface area contributed by atoms with Gasteiger partial charge in [-0.2, -0.15) is 0 Å². The average Bonchev–Trinajstić information content (AvgIpc) is 3.32. The number of aliphatic hydroxyl groups excluding tert-OH is 1. The van der Waals surface area contributed by atoms with Gasteiger partial charge in [-0.05, 0) is 62.2 Å². The summed E-state index contributed by atoms with van der Waals surface area (Å²) in [5.74, 6) is 0.158. The van der Waals surface area contributed by atoms with E-state index in [1.165, 1.54) is 7.11 Å². The van der Waals surface area contributed by atoms with E-state index in [4.69, 9.17) is 9.47 Å². The fraction of sp³-hybridized carbons (Fsp3) is 0.952. The lowest BCUT2D eigenvalue weighted by Crippen LogP contribution is -2.69. The number of methoxy groups -OCH3 is 1. The van der Waals surface area contributed by atoms with Gasteiger partial charge in [0.15, 0.2) is 0 Å². The highest BCUT2D eigenvalue weighted by Gasteiger charge is 2.77. The van der Waals surface area contributed by atoms with E-state index in [1.54, 1.807) is 0 Å². The van der Waals surface area contributed by atoms with Crippen molar-refractivity contribution in [1.82, 2.24) is 0 Å². The van der Waals surface area contributed by atoms with Crippen molar-refractivity contribution in [3.8, 4) is 0 Å². The predicted molar refractivity (Wildman–Crippen MR) is 96.3 cm³/mol.